The molecule has 19 heavy (non-hydrogen) atoms. The van der Waals surface area contributed by atoms with E-state index in [9.17, 15) is 9.90 Å². The quantitative estimate of drug-likeness (QED) is 0.750. The lowest BCUT2D eigenvalue weighted by Crippen LogP contribution is -2.17. The topological polar surface area (TPSA) is 82.8 Å². The maximum absolute atomic E-state index is 10.9. The number of nitrogens with zero attached hydrogens (tertiary/aromatic N) is 2. The molecule has 1 atom stereocenters. The molecule has 0 saturated heterocycles. The second-order valence-electron chi connectivity index (χ2n) is 3.87. The number of aromatic nitrogens is 1. The second-order valence-corrected chi connectivity index (χ2v) is 6.95. The standard InChI is InChI=1S/C11H7IN2O3S2/c12-7-6(15)2-1-4-8(7)19-10(13-4)9-14-5(3-18-9)11(16)17/h1-2,5,15H,3H2,(H,16,17)/t5-/m1/s1. The lowest BCUT2D eigenvalue weighted by Gasteiger charge is -1.95. The number of fused-ring (bicyclic) bond motifs is 1. The highest BCUT2D eigenvalue weighted by atomic mass is 127. The summed E-state index contributed by atoms with van der Waals surface area (Å²) in [6.45, 7) is 0. The van der Waals surface area contributed by atoms with E-state index in [1.807, 2.05) is 0 Å². The first kappa shape index (κ1) is 13.1. The van der Waals surface area contributed by atoms with Crippen molar-refractivity contribution in [2.24, 2.45) is 4.99 Å². The Morgan fingerprint density at radius 2 is 2.26 bits per heavy atom. The Labute approximate surface area is 129 Å². The van der Waals surface area contributed by atoms with E-state index >= 15 is 0 Å². The number of carboxylic acid groups (broad SMARTS) is 1. The number of aliphatic imine (C=N–C) groups is 1. The highest BCUT2D eigenvalue weighted by Gasteiger charge is 2.27. The minimum absolute atomic E-state index is 0.229. The fraction of sp³-hybridized carbons (Fsp3) is 0.182. The number of rotatable bonds is 2. The Morgan fingerprint density at radius 3 is 2.95 bits per heavy atom. The van der Waals surface area contributed by atoms with Crippen LogP contribution in [0.1, 0.15) is 5.01 Å². The average Bonchev–Trinajstić information content (AvgIpc) is 2.99. The molecule has 1 aliphatic heterocycles. The monoisotopic (exact) mass is 406 g/mol. The Morgan fingerprint density at radius 1 is 1.47 bits per heavy atom. The zero-order valence-corrected chi connectivity index (χ0v) is 13.1. The molecule has 0 radical (unpaired) electrons. The summed E-state index contributed by atoms with van der Waals surface area (Å²) in [6, 6.07) is 2.68. The largest absolute Gasteiger partial charge is 0.507 e. The van der Waals surface area contributed by atoms with Gasteiger partial charge in [-0.1, -0.05) is 0 Å². The maximum Gasteiger partial charge on any atom is 0.329 e. The molecular formula is C11H7IN2O3S2. The zero-order chi connectivity index (χ0) is 13.6. The first-order valence-corrected chi connectivity index (χ1v) is 8.16. The number of benzene rings is 1. The lowest BCUT2D eigenvalue weighted by molar-refractivity contribution is -0.137. The molecule has 0 bridgehead atoms. The van der Waals surface area contributed by atoms with Gasteiger partial charge in [0.1, 0.15) is 15.8 Å². The zero-order valence-electron chi connectivity index (χ0n) is 9.33. The summed E-state index contributed by atoms with van der Waals surface area (Å²) >= 11 is 4.91. The molecule has 0 fully saturated rings. The smallest absolute Gasteiger partial charge is 0.329 e. The molecule has 2 N–H and O–H groups in total. The second kappa shape index (κ2) is 4.91. The Balaban J connectivity index is 2.05. The molecule has 1 aromatic carbocycles. The van der Waals surface area contributed by atoms with Gasteiger partial charge in [-0.05, 0) is 34.7 Å². The summed E-state index contributed by atoms with van der Waals surface area (Å²) in [7, 11) is 0. The van der Waals surface area contributed by atoms with Gasteiger partial charge in [-0.15, -0.1) is 23.1 Å². The molecule has 3 rings (SSSR count). The van der Waals surface area contributed by atoms with Crippen LogP contribution in [0, 0.1) is 3.57 Å². The molecule has 2 heterocycles. The van der Waals surface area contributed by atoms with Crippen LogP contribution in [0.15, 0.2) is 17.1 Å². The van der Waals surface area contributed by atoms with Gasteiger partial charge in [0, 0.05) is 5.75 Å². The number of hydrogen-bond donors (Lipinski definition) is 2. The summed E-state index contributed by atoms with van der Waals surface area (Å²) in [4.78, 5) is 19.5. The summed E-state index contributed by atoms with van der Waals surface area (Å²) in [6.07, 6.45) is 0. The van der Waals surface area contributed by atoms with Crippen LogP contribution in [0.4, 0.5) is 0 Å². The van der Waals surface area contributed by atoms with E-state index in [1.165, 1.54) is 23.1 Å². The number of aromatic hydroxyl groups is 1. The lowest BCUT2D eigenvalue weighted by atomic mass is 10.3. The number of phenols is 1. The van der Waals surface area contributed by atoms with Crippen molar-refractivity contribution in [1.29, 1.82) is 0 Å². The third-order valence-corrected chi connectivity index (χ3v) is 6.33. The van der Waals surface area contributed by atoms with Crippen molar-refractivity contribution in [2.45, 2.75) is 6.04 Å². The number of phenolic OH excluding ortho intramolecular Hbond substituents is 1. The van der Waals surface area contributed by atoms with Crippen molar-refractivity contribution in [1.82, 2.24) is 4.98 Å². The molecule has 2 aromatic rings. The van der Waals surface area contributed by atoms with Crippen LogP contribution in [-0.4, -0.2) is 38.0 Å². The van der Waals surface area contributed by atoms with Crippen LogP contribution in [0.25, 0.3) is 10.2 Å². The van der Waals surface area contributed by atoms with E-state index < -0.39 is 12.0 Å². The van der Waals surface area contributed by atoms with Crippen molar-refractivity contribution < 1.29 is 15.0 Å². The molecule has 0 unspecified atom stereocenters. The van der Waals surface area contributed by atoms with Gasteiger partial charge in [0.05, 0.1) is 13.8 Å². The number of halogens is 1. The van der Waals surface area contributed by atoms with Crippen LogP contribution < -0.4 is 0 Å². The third kappa shape index (κ3) is 2.32. The summed E-state index contributed by atoms with van der Waals surface area (Å²) in [5, 5.41) is 20.0. The summed E-state index contributed by atoms with van der Waals surface area (Å²) < 4.78 is 1.66. The molecule has 8 heteroatoms. The molecular weight excluding hydrogens is 399 g/mol. The predicted molar refractivity (Wildman–Crippen MR) is 84.4 cm³/mol. The SMILES string of the molecule is O=C(O)[C@H]1CSC(c2nc3ccc(O)c(I)c3s2)=N1. The molecule has 5 nitrogen and oxygen atoms in total. The number of thioether (sulfide) groups is 1. The van der Waals surface area contributed by atoms with E-state index in [0.29, 0.717) is 15.8 Å². The fourth-order valence-electron chi connectivity index (χ4n) is 1.66. The van der Waals surface area contributed by atoms with Gasteiger partial charge in [-0.3, -0.25) is 4.99 Å². The Hall–Kier alpha value is -0.870. The van der Waals surface area contributed by atoms with Gasteiger partial charge in [0.15, 0.2) is 6.04 Å². The van der Waals surface area contributed by atoms with Gasteiger partial charge in [-0.25, -0.2) is 9.78 Å². The van der Waals surface area contributed by atoms with E-state index in [-0.39, 0.29) is 5.75 Å². The Kier molecular flexibility index (Phi) is 3.39. The fourth-order valence-corrected chi connectivity index (χ4v) is 4.54. The molecule has 1 aliphatic rings. The van der Waals surface area contributed by atoms with Crippen LogP contribution in [-0.2, 0) is 4.79 Å². The Bertz CT molecular complexity index is 713. The first-order chi connectivity index (χ1) is 9.06. The molecule has 98 valence electrons. The van der Waals surface area contributed by atoms with Gasteiger partial charge in [-0.2, -0.15) is 0 Å². The minimum Gasteiger partial charge on any atom is -0.507 e. The van der Waals surface area contributed by atoms with Crippen LogP contribution in [0.2, 0.25) is 0 Å². The van der Waals surface area contributed by atoms with E-state index in [0.717, 1.165) is 13.8 Å². The van der Waals surface area contributed by atoms with Crippen molar-refractivity contribution in [3.8, 4) is 5.75 Å². The number of carboxylic acids is 1. The van der Waals surface area contributed by atoms with Gasteiger partial charge < -0.3 is 10.2 Å². The first-order valence-electron chi connectivity index (χ1n) is 5.28. The van der Waals surface area contributed by atoms with E-state index in [1.54, 1.807) is 12.1 Å². The normalized spacial score (nSPS) is 18.8. The highest BCUT2D eigenvalue weighted by molar-refractivity contribution is 14.1. The molecule has 1 aromatic heterocycles. The van der Waals surface area contributed by atoms with E-state index in [4.69, 9.17) is 5.11 Å². The van der Waals surface area contributed by atoms with Crippen LogP contribution in [0.5, 0.6) is 5.75 Å². The molecule has 0 saturated carbocycles. The van der Waals surface area contributed by atoms with Crippen LogP contribution >= 0.6 is 45.7 Å². The molecule has 0 aliphatic carbocycles. The summed E-state index contributed by atoms with van der Waals surface area (Å²) in [5.41, 5.74) is 0.796. The maximum atomic E-state index is 10.9. The van der Waals surface area contributed by atoms with E-state index in [2.05, 4.69) is 32.6 Å². The minimum atomic E-state index is -0.907. The van der Waals surface area contributed by atoms with Crippen molar-refractivity contribution in [3.05, 3.63) is 20.7 Å². The van der Waals surface area contributed by atoms with Crippen molar-refractivity contribution in [3.63, 3.8) is 0 Å². The van der Waals surface area contributed by atoms with Gasteiger partial charge in [0.25, 0.3) is 0 Å². The number of carbonyl (C=O) groups is 1. The third-order valence-electron chi connectivity index (χ3n) is 2.60. The van der Waals surface area contributed by atoms with Crippen molar-refractivity contribution in [2.75, 3.05) is 5.75 Å². The summed E-state index contributed by atoms with van der Waals surface area (Å²) in [5.74, 6) is -0.230. The highest BCUT2D eigenvalue weighted by Crippen LogP contribution is 2.35. The van der Waals surface area contributed by atoms with Gasteiger partial charge >= 0.3 is 5.97 Å². The van der Waals surface area contributed by atoms with Crippen molar-refractivity contribution >= 4 is 66.9 Å². The molecule has 0 amide bonds. The number of thiazole rings is 1. The average molecular weight is 406 g/mol. The predicted octanol–water partition coefficient (Wildman–Crippen LogP) is 2.55. The van der Waals surface area contributed by atoms with Crippen LogP contribution in [0.3, 0.4) is 0 Å². The number of hydrogen-bond acceptors (Lipinski definition) is 6. The van der Waals surface area contributed by atoms with Gasteiger partial charge in [0.2, 0.25) is 0 Å². The number of aliphatic carboxylic acids is 1. The molecule has 0 spiro atoms.